The molecule has 0 fully saturated rings. The fourth-order valence-electron chi connectivity index (χ4n) is 3.27. The molecule has 0 aliphatic heterocycles. The van der Waals surface area contributed by atoms with Gasteiger partial charge in [-0.3, -0.25) is 9.59 Å². The molecular weight excluding hydrogens is 388 g/mol. The van der Waals surface area contributed by atoms with E-state index in [0.29, 0.717) is 11.3 Å². The molecule has 0 radical (unpaired) electrons. The topological polar surface area (TPSA) is 108 Å². The fourth-order valence-corrected chi connectivity index (χ4v) is 3.27. The highest BCUT2D eigenvalue weighted by Crippen LogP contribution is 2.23. The molecule has 2 aromatic heterocycles. The minimum atomic E-state index is -0.444. The number of fused-ring (bicyclic) bond motifs is 2. The van der Waals surface area contributed by atoms with Crippen LogP contribution in [-0.4, -0.2) is 41.0 Å². The van der Waals surface area contributed by atoms with E-state index in [1.54, 1.807) is 19.2 Å². The number of aromatic nitrogens is 4. The van der Waals surface area contributed by atoms with Gasteiger partial charge in [-0.25, -0.2) is 4.68 Å². The number of aromatic amines is 1. The maximum atomic E-state index is 13.1. The zero-order valence-corrected chi connectivity index (χ0v) is 16.8. The van der Waals surface area contributed by atoms with Gasteiger partial charge in [-0.2, -0.15) is 0 Å². The van der Waals surface area contributed by atoms with Gasteiger partial charge < -0.3 is 19.2 Å². The van der Waals surface area contributed by atoms with Crippen LogP contribution < -0.4 is 20.5 Å². The van der Waals surface area contributed by atoms with Gasteiger partial charge in [0.25, 0.3) is 5.56 Å². The number of hydrogen-bond acceptors (Lipinski definition) is 7. The number of methoxy groups -OCH3 is 2. The van der Waals surface area contributed by atoms with Crippen molar-refractivity contribution in [3.63, 3.8) is 0 Å². The van der Waals surface area contributed by atoms with Crippen molar-refractivity contribution in [3.8, 4) is 11.5 Å². The van der Waals surface area contributed by atoms with E-state index in [9.17, 15) is 9.59 Å². The maximum Gasteiger partial charge on any atom is 0.276 e. The normalized spacial score (nSPS) is 11.2. The zero-order valence-electron chi connectivity index (χ0n) is 16.8. The van der Waals surface area contributed by atoms with Crippen LogP contribution in [0.2, 0.25) is 0 Å². The highest BCUT2D eigenvalue weighted by molar-refractivity contribution is 5.88. The number of aryl methyl sites for hydroxylation is 1. The summed E-state index contributed by atoms with van der Waals surface area (Å²) in [4.78, 5) is 28.9. The number of H-pyrrole nitrogens is 1. The third-order valence-corrected chi connectivity index (χ3v) is 4.80. The van der Waals surface area contributed by atoms with Gasteiger partial charge in [0.2, 0.25) is 5.43 Å². The number of rotatable bonds is 6. The Morgan fingerprint density at radius 2 is 1.87 bits per heavy atom. The predicted molar refractivity (Wildman–Crippen MR) is 111 cm³/mol. The molecule has 0 unspecified atom stereocenters. The number of hydrogen-bond donors (Lipinski definition) is 1. The standard InChI is InChI=1S/C21H20N4O5/c1-12-8-16-15(9-17(12)30-11-28-2)20(26)18-19(21(27)22-16)25(24-23-18)10-13-4-6-14(29-3)7-5-13/h4-9H,10-11H2,1-3H3,(H,22,27). The quantitative estimate of drug-likeness (QED) is 0.486. The summed E-state index contributed by atoms with van der Waals surface area (Å²) in [6.07, 6.45) is 0. The summed E-state index contributed by atoms with van der Waals surface area (Å²) >= 11 is 0. The third-order valence-electron chi connectivity index (χ3n) is 4.80. The number of nitrogens with zero attached hydrogens (tertiary/aromatic N) is 3. The minimum Gasteiger partial charge on any atom is -0.497 e. The molecule has 0 aliphatic rings. The highest BCUT2D eigenvalue weighted by Gasteiger charge is 2.15. The number of ether oxygens (including phenoxy) is 3. The summed E-state index contributed by atoms with van der Waals surface area (Å²) in [5, 5.41) is 8.33. The van der Waals surface area contributed by atoms with Gasteiger partial charge in [-0.15, -0.1) is 5.10 Å². The van der Waals surface area contributed by atoms with Crippen molar-refractivity contribution >= 4 is 21.9 Å². The summed E-state index contributed by atoms with van der Waals surface area (Å²) in [5.74, 6) is 1.22. The minimum absolute atomic E-state index is 0.00121. The monoisotopic (exact) mass is 408 g/mol. The average Bonchev–Trinajstić information content (AvgIpc) is 3.13. The molecule has 9 heteroatoms. The second kappa shape index (κ2) is 7.96. The molecule has 154 valence electrons. The van der Waals surface area contributed by atoms with Crippen molar-refractivity contribution in [1.82, 2.24) is 20.0 Å². The molecule has 0 spiro atoms. The SMILES string of the molecule is COCOc1cc2c(=O)c3nnn(Cc4ccc(OC)cc4)c3c(=O)[nH]c2cc1C. The van der Waals surface area contributed by atoms with E-state index in [0.717, 1.165) is 16.9 Å². The van der Waals surface area contributed by atoms with Crippen LogP contribution in [0.5, 0.6) is 11.5 Å². The molecule has 30 heavy (non-hydrogen) atoms. The molecule has 1 N–H and O–H groups in total. The van der Waals surface area contributed by atoms with Crippen LogP contribution in [0.15, 0.2) is 46.0 Å². The van der Waals surface area contributed by atoms with E-state index >= 15 is 0 Å². The van der Waals surface area contributed by atoms with Crippen LogP contribution in [-0.2, 0) is 11.3 Å². The van der Waals surface area contributed by atoms with Crippen LogP contribution in [0.1, 0.15) is 11.1 Å². The van der Waals surface area contributed by atoms with E-state index < -0.39 is 11.0 Å². The van der Waals surface area contributed by atoms with E-state index in [-0.39, 0.29) is 29.8 Å². The predicted octanol–water partition coefficient (Wildman–Crippen LogP) is 1.98. The van der Waals surface area contributed by atoms with Crippen LogP contribution in [0.4, 0.5) is 0 Å². The second-order valence-corrected chi connectivity index (χ2v) is 6.79. The Morgan fingerprint density at radius 3 is 2.57 bits per heavy atom. The summed E-state index contributed by atoms with van der Waals surface area (Å²) in [7, 11) is 3.10. The smallest absolute Gasteiger partial charge is 0.276 e. The van der Waals surface area contributed by atoms with Gasteiger partial charge in [-0.1, -0.05) is 17.3 Å². The van der Waals surface area contributed by atoms with Crippen molar-refractivity contribution in [2.45, 2.75) is 13.5 Å². The first-order valence-corrected chi connectivity index (χ1v) is 9.20. The van der Waals surface area contributed by atoms with Crippen molar-refractivity contribution in [3.05, 3.63) is 68.1 Å². The van der Waals surface area contributed by atoms with Gasteiger partial charge in [0.1, 0.15) is 11.5 Å². The molecule has 0 bridgehead atoms. The Hall–Kier alpha value is -3.72. The first-order chi connectivity index (χ1) is 14.5. The summed E-state index contributed by atoms with van der Waals surface area (Å²) in [6, 6.07) is 10.6. The van der Waals surface area contributed by atoms with Crippen LogP contribution in [0, 0.1) is 6.92 Å². The van der Waals surface area contributed by atoms with E-state index in [1.165, 1.54) is 11.8 Å². The third kappa shape index (κ3) is 3.50. The number of nitrogens with one attached hydrogen (secondary N) is 1. The lowest BCUT2D eigenvalue weighted by Crippen LogP contribution is -2.11. The Bertz CT molecular complexity index is 1340. The van der Waals surface area contributed by atoms with Crippen LogP contribution in [0.3, 0.4) is 0 Å². The number of benzene rings is 2. The first kappa shape index (κ1) is 19.6. The average molecular weight is 408 g/mol. The van der Waals surface area contributed by atoms with Crippen molar-refractivity contribution in [1.29, 1.82) is 0 Å². The summed E-state index contributed by atoms with van der Waals surface area (Å²) in [6.45, 7) is 2.15. The molecule has 9 nitrogen and oxygen atoms in total. The molecule has 0 aliphatic carbocycles. The van der Waals surface area contributed by atoms with Crippen LogP contribution in [0.25, 0.3) is 21.9 Å². The van der Waals surface area contributed by atoms with E-state index in [2.05, 4.69) is 15.3 Å². The van der Waals surface area contributed by atoms with Gasteiger partial charge in [0.15, 0.2) is 17.8 Å². The lowest BCUT2D eigenvalue weighted by Gasteiger charge is -2.08. The van der Waals surface area contributed by atoms with Gasteiger partial charge in [-0.05, 0) is 42.3 Å². The highest BCUT2D eigenvalue weighted by atomic mass is 16.7. The molecular formula is C21H20N4O5. The largest absolute Gasteiger partial charge is 0.497 e. The molecule has 0 saturated carbocycles. The summed E-state index contributed by atoms with van der Waals surface area (Å²) < 4.78 is 17.0. The van der Waals surface area contributed by atoms with Gasteiger partial charge >= 0.3 is 0 Å². The molecule has 2 aromatic carbocycles. The molecule has 2 heterocycles. The molecule has 4 aromatic rings. The summed E-state index contributed by atoms with van der Waals surface area (Å²) in [5.41, 5.74) is 1.32. The fraction of sp³-hybridized carbons (Fsp3) is 0.238. The Kier molecular flexibility index (Phi) is 5.20. The lowest BCUT2D eigenvalue weighted by atomic mass is 10.1. The zero-order chi connectivity index (χ0) is 21.3. The molecule has 0 saturated heterocycles. The Morgan fingerprint density at radius 1 is 1.10 bits per heavy atom. The second-order valence-electron chi connectivity index (χ2n) is 6.79. The van der Waals surface area contributed by atoms with E-state index in [4.69, 9.17) is 14.2 Å². The molecule has 0 amide bonds. The van der Waals surface area contributed by atoms with Crippen molar-refractivity contribution in [2.24, 2.45) is 0 Å². The van der Waals surface area contributed by atoms with Gasteiger partial charge in [0, 0.05) is 7.11 Å². The Labute approximate surface area is 170 Å². The van der Waals surface area contributed by atoms with Gasteiger partial charge in [0.05, 0.1) is 24.6 Å². The Balaban J connectivity index is 1.88. The lowest BCUT2D eigenvalue weighted by molar-refractivity contribution is 0.0507. The molecule has 0 atom stereocenters. The molecule has 4 rings (SSSR count). The van der Waals surface area contributed by atoms with E-state index in [1.807, 2.05) is 31.2 Å². The van der Waals surface area contributed by atoms with Crippen molar-refractivity contribution < 1.29 is 14.2 Å². The van der Waals surface area contributed by atoms with Crippen molar-refractivity contribution in [2.75, 3.05) is 21.0 Å². The maximum absolute atomic E-state index is 13.1. The van der Waals surface area contributed by atoms with Crippen LogP contribution >= 0.6 is 0 Å². The first-order valence-electron chi connectivity index (χ1n) is 9.20.